The lowest BCUT2D eigenvalue weighted by molar-refractivity contribution is 0.162. The first kappa shape index (κ1) is 21.1. The Kier molecular flexibility index (Phi) is 10.0. The van der Waals surface area contributed by atoms with Crippen molar-refractivity contribution < 1.29 is 5.11 Å². The number of phenols is 1. The Morgan fingerprint density at radius 1 is 1.24 bits per heavy atom. The predicted molar refractivity (Wildman–Crippen MR) is 94.7 cm³/mol. The Bertz CT molecular complexity index is 439. The van der Waals surface area contributed by atoms with Gasteiger partial charge in [0.15, 0.2) is 0 Å². The summed E-state index contributed by atoms with van der Waals surface area (Å²) in [5.74, 6) is 0.169. The molecule has 0 unspecified atom stereocenters. The van der Waals surface area contributed by atoms with E-state index in [-0.39, 0.29) is 36.6 Å². The van der Waals surface area contributed by atoms with Crippen LogP contribution in [-0.2, 0) is 0 Å². The van der Waals surface area contributed by atoms with E-state index in [1.165, 1.54) is 0 Å². The third-order valence-corrected chi connectivity index (χ3v) is 4.08. The van der Waals surface area contributed by atoms with Crippen molar-refractivity contribution in [1.82, 2.24) is 10.2 Å². The van der Waals surface area contributed by atoms with E-state index in [1.54, 1.807) is 6.07 Å². The smallest absolute Gasteiger partial charge is 0.139 e. The fraction of sp³-hybridized carbons (Fsp3) is 0.571. The minimum Gasteiger partial charge on any atom is -0.506 e. The average molecular weight is 376 g/mol. The van der Waals surface area contributed by atoms with Crippen molar-refractivity contribution in [2.24, 2.45) is 0 Å². The van der Waals surface area contributed by atoms with Gasteiger partial charge in [-0.15, -0.1) is 24.8 Å². The molecule has 0 bridgehead atoms. The third-order valence-electron chi connectivity index (χ3n) is 3.57. The summed E-state index contributed by atoms with van der Waals surface area (Å²) in [6.45, 7) is 6.07. The molecule has 0 saturated carbocycles. The normalized spacial score (nSPS) is 16.7. The molecule has 2 N–H and O–H groups in total. The summed E-state index contributed by atoms with van der Waals surface area (Å²) in [4.78, 5) is 2.39. The van der Waals surface area contributed by atoms with Crippen LogP contribution in [0, 0.1) is 0 Å². The summed E-state index contributed by atoms with van der Waals surface area (Å²) < 4.78 is 0. The molecule has 1 aliphatic rings. The molecule has 1 aromatic carbocycles. The van der Waals surface area contributed by atoms with E-state index in [2.05, 4.69) is 17.1 Å². The Morgan fingerprint density at radius 2 is 1.86 bits per heavy atom. The van der Waals surface area contributed by atoms with Crippen LogP contribution in [0.1, 0.15) is 31.4 Å². The van der Waals surface area contributed by atoms with Crippen LogP contribution < -0.4 is 5.32 Å². The van der Waals surface area contributed by atoms with Gasteiger partial charge in [-0.2, -0.15) is 0 Å². The molecule has 0 spiro atoms. The molecule has 2 rings (SSSR count). The van der Waals surface area contributed by atoms with Crippen molar-refractivity contribution >= 4 is 48.0 Å². The lowest BCUT2D eigenvalue weighted by Crippen LogP contribution is -2.45. The molecule has 1 saturated heterocycles. The molecule has 1 atom stereocenters. The van der Waals surface area contributed by atoms with Gasteiger partial charge in [-0.25, -0.2) is 0 Å². The van der Waals surface area contributed by atoms with E-state index in [0.29, 0.717) is 10.0 Å². The van der Waals surface area contributed by atoms with Crippen LogP contribution >= 0.6 is 48.0 Å². The van der Waals surface area contributed by atoms with Crippen LogP contribution in [0.2, 0.25) is 10.0 Å². The van der Waals surface area contributed by atoms with Crippen LogP contribution in [0.5, 0.6) is 5.75 Å². The number of benzene rings is 1. The highest BCUT2D eigenvalue weighted by molar-refractivity contribution is 6.35. The topological polar surface area (TPSA) is 35.5 Å². The number of piperazine rings is 1. The molecule has 1 fully saturated rings. The SMILES string of the molecule is CCC[C@@H](c1cc(Cl)cc(Cl)c1O)N1CCNCC1.Cl.Cl. The largest absolute Gasteiger partial charge is 0.506 e. The number of hydrogen-bond acceptors (Lipinski definition) is 3. The zero-order valence-electron chi connectivity index (χ0n) is 11.9. The van der Waals surface area contributed by atoms with Gasteiger partial charge in [0.25, 0.3) is 0 Å². The number of rotatable bonds is 4. The van der Waals surface area contributed by atoms with Crippen molar-refractivity contribution in [3.05, 3.63) is 27.7 Å². The van der Waals surface area contributed by atoms with Crippen LogP contribution in [0.3, 0.4) is 0 Å². The van der Waals surface area contributed by atoms with Gasteiger partial charge in [0.2, 0.25) is 0 Å². The van der Waals surface area contributed by atoms with Crippen molar-refractivity contribution in [2.45, 2.75) is 25.8 Å². The number of nitrogens with one attached hydrogen (secondary N) is 1. The number of halogens is 4. The highest BCUT2D eigenvalue weighted by atomic mass is 35.5. The second-order valence-corrected chi connectivity index (χ2v) is 5.76. The molecule has 1 aromatic rings. The van der Waals surface area contributed by atoms with Crippen LogP contribution in [-0.4, -0.2) is 36.2 Å². The van der Waals surface area contributed by atoms with Gasteiger partial charge in [-0.3, -0.25) is 4.90 Å². The van der Waals surface area contributed by atoms with Crippen LogP contribution in [0.4, 0.5) is 0 Å². The predicted octanol–water partition coefficient (Wildman–Crippen LogP) is 4.29. The Labute approximate surface area is 148 Å². The fourth-order valence-corrected chi connectivity index (χ4v) is 3.15. The molecule has 1 aliphatic heterocycles. The van der Waals surface area contributed by atoms with E-state index in [9.17, 15) is 5.11 Å². The second kappa shape index (κ2) is 9.98. The van der Waals surface area contributed by atoms with Crippen molar-refractivity contribution in [3.63, 3.8) is 0 Å². The molecule has 0 aromatic heterocycles. The lowest BCUT2D eigenvalue weighted by Gasteiger charge is -2.35. The van der Waals surface area contributed by atoms with Crippen LogP contribution in [0.15, 0.2) is 12.1 Å². The second-order valence-electron chi connectivity index (χ2n) is 4.92. The quantitative estimate of drug-likeness (QED) is 0.823. The summed E-state index contributed by atoms with van der Waals surface area (Å²) in [7, 11) is 0. The van der Waals surface area contributed by atoms with Gasteiger partial charge in [0.1, 0.15) is 5.75 Å². The van der Waals surface area contributed by atoms with Crippen LogP contribution in [0.25, 0.3) is 0 Å². The lowest BCUT2D eigenvalue weighted by atomic mass is 9.99. The maximum Gasteiger partial charge on any atom is 0.139 e. The number of hydrogen-bond donors (Lipinski definition) is 2. The maximum atomic E-state index is 10.2. The van der Waals surface area contributed by atoms with E-state index >= 15 is 0 Å². The van der Waals surface area contributed by atoms with Gasteiger partial charge in [-0.1, -0.05) is 36.5 Å². The first-order chi connectivity index (χ1) is 9.13. The zero-order chi connectivity index (χ0) is 13.8. The molecule has 0 aliphatic carbocycles. The standard InChI is InChI=1S/C14H20Cl2N2O.2ClH/c1-2-3-13(18-6-4-17-5-7-18)11-8-10(15)9-12(16)14(11)19;;/h8-9,13,17,19H,2-7H2,1H3;2*1H/t13-;;/m0../s1. The number of phenolic OH excluding ortho intramolecular Hbond substituents is 1. The molecule has 3 nitrogen and oxygen atoms in total. The molecular weight excluding hydrogens is 354 g/mol. The monoisotopic (exact) mass is 374 g/mol. The van der Waals surface area contributed by atoms with E-state index in [1.807, 2.05) is 6.07 Å². The summed E-state index contributed by atoms with van der Waals surface area (Å²) in [6.07, 6.45) is 2.04. The number of aromatic hydroxyl groups is 1. The zero-order valence-corrected chi connectivity index (χ0v) is 15.1. The van der Waals surface area contributed by atoms with Gasteiger partial charge in [-0.05, 0) is 18.6 Å². The first-order valence-electron chi connectivity index (χ1n) is 6.76. The van der Waals surface area contributed by atoms with Crippen molar-refractivity contribution in [1.29, 1.82) is 0 Å². The third kappa shape index (κ3) is 5.34. The molecule has 0 amide bonds. The minimum absolute atomic E-state index is 0. The Hall–Kier alpha value is 0.1000. The molecule has 1 heterocycles. The van der Waals surface area contributed by atoms with Crippen molar-refractivity contribution in [3.8, 4) is 5.75 Å². The molecular formula is C14H22Cl4N2O. The summed E-state index contributed by atoms with van der Waals surface area (Å²) in [5, 5.41) is 14.5. The van der Waals surface area contributed by atoms with Gasteiger partial charge < -0.3 is 10.4 Å². The highest BCUT2D eigenvalue weighted by Gasteiger charge is 2.25. The van der Waals surface area contributed by atoms with E-state index in [4.69, 9.17) is 23.2 Å². The Balaban J connectivity index is 0.00000200. The summed E-state index contributed by atoms with van der Waals surface area (Å²) >= 11 is 12.1. The number of nitrogens with zero attached hydrogens (tertiary/aromatic N) is 1. The summed E-state index contributed by atoms with van der Waals surface area (Å²) in [5.41, 5.74) is 0.848. The summed E-state index contributed by atoms with van der Waals surface area (Å²) in [6, 6.07) is 3.61. The van der Waals surface area contributed by atoms with Gasteiger partial charge in [0.05, 0.1) is 5.02 Å². The van der Waals surface area contributed by atoms with Gasteiger partial charge >= 0.3 is 0 Å². The molecule has 7 heteroatoms. The molecule has 0 radical (unpaired) electrons. The van der Waals surface area contributed by atoms with E-state index < -0.39 is 0 Å². The molecule has 21 heavy (non-hydrogen) atoms. The maximum absolute atomic E-state index is 10.2. The minimum atomic E-state index is 0. The fourth-order valence-electron chi connectivity index (χ4n) is 2.64. The average Bonchev–Trinajstić information content (AvgIpc) is 2.41. The van der Waals surface area contributed by atoms with E-state index in [0.717, 1.165) is 44.6 Å². The van der Waals surface area contributed by atoms with Gasteiger partial charge in [0, 0.05) is 42.8 Å². The first-order valence-corrected chi connectivity index (χ1v) is 7.51. The van der Waals surface area contributed by atoms with Crippen molar-refractivity contribution in [2.75, 3.05) is 26.2 Å². The highest BCUT2D eigenvalue weighted by Crippen LogP contribution is 2.39. The molecule has 122 valence electrons. The Morgan fingerprint density at radius 3 is 2.43 bits per heavy atom.